The molecule has 0 aliphatic heterocycles. The number of nitrogens with two attached hydrogens (primary N) is 1. The monoisotopic (exact) mass is 204 g/mol. The molecule has 0 amide bonds. The standard InChI is InChI=1S/C11H12N2O2/c12-9-6-5-8(4-3-7-1-2-7)10(13-9)11(14)15/h3-7H,1-2H2,(H2,12,13)(H,14,15)/b4-3+. The molecule has 0 spiro atoms. The van der Waals surface area contributed by atoms with Crippen LogP contribution >= 0.6 is 0 Å². The quantitative estimate of drug-likeness (QED) is 0.786. The molecule has 0 saturated heterocycles. The average molecular weight is 204 g/mol. The molecule has 1 heterocycles. The highest BCUT2D eigenvalue weighted by atomic mass is 16.4. The summed E-state index contributed by atoms with van der Waals surface area (Å²) in [6.45, 7) is 0. The van der Waals surface area contributed by atoms with Gasteiger partial charge in [0, 0.05) is 5.56 Å². The minimum Gasteiger partial charge on any atom is -0.476 e. The van der Waals surface area contributed by atoms with E-state index in [-0.39, 0.29) is 11.5 Å². The maximum atomic E-state index is 10.9. The van der Waals surface area contributed by atoms with Gasteiger partial charge < -0.3 is 10.8 Å². The Hall–Kier alpha value is -1.84. The zero-order chi connectivity index (χ0) is 10.8. The van der Waals surface area contributed by atoms with Crippen molar-refractivity contribution in [2.24, 2.45) is 5.92 Å². The van der Waals surface area contributed by atoms with Crippen LogP contribution in [0, 0.1) is 5.92 Å². The summed E-state index contributed by atoms with van der Waals surface area (Å²) in [6, 6.07) is 3.30. The molecular formula is C11H12N2O2. The average Bonchev–Trinajstić information content (AvgIpc) is 2.99. The Kier molecular flexibility index (Phi) is 2.41. The van der Waals surface area contributed by atoms with Gasteiger partial charge in [-0.15, -0.1) is 0 Å². The van der Waals surface area contributed by atoms with Crippen molar-refractivity contribution >= 4 is 17.9 Å². The summed E-state index contributed by atoms with van der Waals surface area (Å²) in [5.74, 6) is -0.196. The van der Waals surface area contributed by atoms with E-state index in [2.05, 4.69) is 4.98 Å². The number of hydrogen-bond donors (Lipinski definition) is 2. The van der Waals surface area contributed by atoms with E-state index >= 15 is 0 Å². The predicted octanol–water partition coefficient (Wildman–Crippen LogP) is 1.79. The van der Waals surface area contributed by atoms with Gasteiger partial charge >= 0.3 is 5.97 Å². The number of carboxylic acids is 1. The van der Waals surface area contributed by atoms with E-state index < -0.39 is 5.97 Å². The lowest BCUT2D eigenvalue weighted by Gasteiger charge is -2.01. The van der Waals surface area contributed by atoms with Crippen LogP contribution in [0.5, 0.6) is 0 Å². The second-order valence-corrected chi connectivity index (χ2v) is 3.68. The van der Waals surface area contributed by atoms with Gasteiger partial charge in [-0.2, -0.15) is 0 Å². The number of aromatic carboxylic acids is 1. The van der Waals surface area contributed by atoms with E-state index in [4.69, 9.17) is 10.8 Å². The summed E-state index contributed by atoms with van der Waals surface area (Å²) >= 11 is 0. The molecular weight excluding hydrogens is 192 g/mol. The van der Waals surface area contributed by atoms with Gasteiger partial charge in [-0.3, -0.25) is 0 Å². The molecule has 0 radical (unpaired) electrons. The Bertz CT molecular complexity index is 423. The number of carbonyl (C=O) groups is 1. The predicted molar refractivity (Wildman–Crippen MR) is 57.4 cm³/mol. The van der Waals surface area contributed by atoms with Crippen molar-refractivity contribution in [3.63, 3.8) is 0 Å². The smallest absolute Gasteiger partial charge is 0.355 e. The molecule has 0 unspecified atom stereocenters. The first-order valence-corrected chi connectivity index (χ1v) is 4.85. The first-order chi connectivity index (χ1) is 7.16. The number of anilines is 1. The molecule has 1 aliphatic rings. The van der Waals surface area contributed by atoms with Crippen molar-refractivity contribution < 1.29 is 9.90 Å². The fraction of sp³-hybridized carbons (Fsp3) is 0.273. The number of allylic oxidation sites excluding steroid dienone is 1. The number of aromatic nitrogens is 1. The Balaban J connectivity index is 2.31. The molecule has 0 atom stereocenters. The lowest BCUT2D eigenvalue weighted by atomic mass is 10.1. The van der Waals surface area contributed by atoms with Crippen LogP contribution in [0.2, 0.25) is 0 Å². The van der Waals surface area contributed by atoms with Crippen LogP contribution in [0.3, 0.4) is 0 Å². The highest BCUT2D eigenvalue weighted by Gasteiger charge is 2.18. The van der Waals surface area contributed by atoms with E-state index in [1.165, 1.54) is 12.8 Å². The lowest BCUT2D eigenvalue weighted by molar-refractivity contribution is 0.0690. The SMILES string of the molecule is Nc1ccc(/C=C/C2CC2)c(C(=O)O)n1. The topological polar surface area (TPSA) is 76.2 Å². The zero-order valence-corrected chi connectivity index (χ0v) is 8.18. The first kappa shape index (κ1) is 9.71. The summed E-state index contributed by atoms with van der Waals surface area (Å²) in [6.07, 6.45) is 6.23. The number of rotatable bonds is 3. The molecule has 1 aliphatic carbocycles. The third kappa shape index (κ3) is 2.34. The van der Waals surface area contributed by atoms with Crippen LogP contribution in [0.4, 0.5) is 5.82 Å². The largest absolute Gasteiger partial charge is 0.476 e. The molecule has 4 heteroatoms. The summed E-state index contributed by atoms with van der Waals surface area (Å²) in [7, 11) is 0. The lowest BCUT2D eigenvalue weighted by Crippen LogP contribution is -2.05. The van der Waals surface area contributed by atoms with Crippen LogP contribution in [0.15, 0.2) is 18.2 Å². The zero-order valence-electron chi connectivity index (χ0n) is 8.18. The molecule has 1 aromatic rings. The summed E-state index contributed by atoms with van der Waals surface area (Å²) in [5, 5.41) is 8.92. The van der Waals surface area contributed by atoms with Crippen molar-refractivity contribution in [1.82, 2.24) is 4.98 Å². The maximum Gasteiger partial charge on any atom is 0.355 e. The van der Waals surface area contributed by atoms with Crippen molar-refractivity contribution in [2.75, 3.05) is 5.73 Å². The summed E-state index contributed by atoms with van der Waals surface area (Å²) in [5.41, 5.74) is 6.07. The Labute approximate surface area is 87.4 Å². The van der Waals surface area contributed by atoms with Gasteiger partial charge in [-0.05, 0) is 30.9 Å². The fourth-order valence-corrected chi connectivity index (χ4v) is 1.32. The van der Waals surface area contributed by atoms with Gasteiger partial charge in [-0.25, -0.2) is 9.78 Å². The Morgan fingerprint density at radius 3 is 2.87 bits per heavy atom. The van der Waals surface area contributed by atoms with E-state index in [1.807, 2.05) is 12.2 Å². The van der Waals surface area contributed by atoms with Gasteiger partial charge in [0.05, 0.1) is 0 Å². The van der Waals surface area contributed by atoms with Crippen molar-refractivity contribution in [3.05, 3.63) is 29.5 Å². The van der Waals surface area contributed by atoms with Gasteiger partial charge in [0.2, 0.25) is 0 Å². The van der Waals surface area contributed by atoms with Crippen LogP contribution in [0.25, 0.3) is 6.08 Å². The number of hydrogen-bond acceptors (Lipinski definition) is 3. The Morgan fingerprint density at radius 1 is 1.53 bits per heavy atom. The number of nitrogen functional groups attached to an aromatic ring is 1. The van der Waals surface area contributed by atoms with Crippen molar-refractivity contribution in [1.29, 1.82) is 0 Å². The third-order valence-electron chi connectivity index (χ3n) is 2.32. The molecule has 15 heavy (non-hydrogen) atoms. The highest BCUT2D eigenvalue weighted by Crippen LogP contribution is 2.31. The van der Waals surface area contributed by atoms with E-state index in [0.717, 1.165) is 0 Å². The van der Waals surface area contributed by atoms with Gasteiger partial charge in [-0.1, -0.05) is 12.2 Å². The molecule has 0 aromatic carbocycles. The minimum atomic E-state index is -1.04. The van der Waals surface area contributed by atoms with E-state index in [0.29, 0.717) is 11.5 Å². The molecule has 0 bridgehead atoms. The molecule has 3 N–H and O–H groups in total. The summed E-state index contributed by atoms with van der Waals surface area (Å²) < 4.78 is 0. The molecule has 1 saturated carbocycles. The minimum absolute atomic E-state index is 0.0203. The number of nitrogens with zero attached hydrogens (tertiary/aromatic N) is 1. The molecule has 1 aromatic heterocycles. The first-order valence-electron chi connectivity index (χ1n) is 4.85. The van der Waals surface area contributed by atoms with Crippen molar-refractivity contribution in [2.45, 2.75) is 12.8 Å². The Morgan fingerprint density at radius 2 is 2.27 bits per heavy atom. The second-order valence-electron chi connectivity index (χ2n) is 3.68. The van der Waals surface area contributed by atoms with E-state index in [1.54, 1.807) is 12.1 Å². The number of pyridine rings is 1. The molecule has 1 fully saturated rings. The maximum absolute atomic E-state index is 10.9. The van der Waals surface area contributed by atoms with Crippen molar-refractivity contribution in [3.8, 4) is 0 Å². The van der Waals surface area contributed by atoms with Crippen LogP contribution < -0.4 is 5.73 Å². The van der Waals surface area contributed by atoms with Gasteiger partial charge in [0.25, 0.3) is 0 Å². The molecule has 78 valence electrons. The van der Waals surface area contributed by atoms with Crippen LogP contribution in [-0.4, -0.2) is 16.1 Å². The third-order valence-corrected chi connectivity index (χ3v) is 2.32. The molecule has 2 rings (SSSR count). The fourth-order valence-electron chi connectivity index (χ4n) is 1.32. The highest BCUT2D eigenvalue weighted by molar-refractivity contribution is 5.90. The second kappa shape index (κ2) is 3.73. The van der Waals surface area contributed by atoms with Gasteiger partial charge in [0.1, 0.15) is 5.82 Å². The summed E-state index contributed by atoms with van der Waals surface area (Å²) in [4.78, 5) is 14.7. The normalized spacial score (nSPS) is 15.7. The van der Waals surface area contributed by atoms with Crippen LogP contribution in [0.1, 0.15) is 28.9 Å². The van der Waals surface area contributed by atoms with Crippen LogP contribution in [-0.2, 0) is 0 Å². The molecule has 4 nitrogen and oxygen atoms in total. The van der Waals surface area contributed by atoms with Gasteiger partial charge in [0.15, 0.2) is 5.69 Å². The van der Waals surface area contributed by atoms with E-state index in [9.17, 15) is 4.79 Å². The number of carboxylic acid groups (broad SMARTS) is 1.